The molecule has 10 heteroatoms. The lowest BCUT2D eigenvalue weighted by Crippen LogP contribution is -2.41. The number of hydrogen-bond donors (Lipinski definition) is 5. The molecule has 0 atom stereocenters. The fourth-order valence-corrected chi connectivity index (χ4v) is 4.76. The standard InChI is InChI=1S/C29H24ClN5O4/c30-24-15-20(27(36)32-21-9-5-8-19(14-21)28(37)38)16-31-26(24)34-35-29(39)33-25-22-10-3-1-6-17(22)12-13-18-7-2-4-11-23(18)25/h1-11,14-16,25H,12-13H2,(H,31,34)(H,32,36)(H,37,38)(H2,33,35,39). The summed E-state index contributed by atoms with van der Waals surface area (Å²) < 4.78 is 0. The zero-order valence-corrected chi connectivity index (χ0v) is 21.3. The van der Waals surface area contributed by atoms with Crippen molar-refractivity contribution in [3.8, 4) is 0 Å². The van der Waals surface area contributed by atoms with Crippen LogP contribution in [0.15, 0.2) is 85.1 Å². The van der Waals surface area contributed by atoms with Gasteiger partial charge >= 0.3 is 12.0 Å². The van der Waals surface area contributed by atoms with Crippen LogP contribution in [0, 0.1) is 0 Å². The number of nitrogens with one attached hydrogen (secondary N) is 4. The highest BCUT2D eigenvalue weighted by atomic mass is 35.5. The average Bonchev–Trinajstić information content (AvgIpc) is 3.09. The fourth-order valence-electron chi connectivity index (χ4n) is 4.55. The Balaban J connectivity index is 1.25. The third kappa shape index (κ3) is 5.83. The number of anilines is 2. The first-order valence-corrected chi connectivity index (χ1v) is 12.5. The van der Waals surface area contributed by atoms with E-state index in [1.165, 1.54) is 41.6 Å². The number of aromatic nitrogens is 1. The van der Waals surface area contributed by atoms with Gasteiger partial charge in [0.15, 0.2) is 5.82 Å². The molecule has 0 saturated carbocycles. The van der Waals surface area contributed by atoms with Crippen LogP contribution in [0.5, 0.6) is 0 Å². The molecule has 4 aromatic rings. The first-order valence-electron chi connectivity index (χ1n) is 12.2. The van der Waals surface area contributed by atoms with Gasteiger partial charge < -0.3 is 15.7 Å². The summed E-state index contributed by atoms with van der Waals surface area (Å²) in [6.45, 7) is 0. The minimum atomic E-state index is -1.10. The number of carbonyl (C=O) groups excluding carboxylic acids is 2. The molecular formula is C29H24ClN5O4. The van der Waals surface area contributed by atoms with Crippen LogP contribution in [-0.4, -0.2) is 28.0 Å². The molecule has 0 fully saturated rings. The van der Waals surface area contributed by atoms with E-state index < -0.39 is 17.9 Å². The zero-order valence-electron chi connectivity index (χ0n) is 20.6. The molecule has 0 bridgehead atoms. The number of urea groups is 1. The summed E-state index contributed by atoms with van der Waals surface area (Å²) in [6.07, 6.45) is 3.06. The van der Waals surface area contributed by atoms with Gasteiger partial charge in [0.1, 0.15) is 0 Å². The second-order valence-electron chi connectivity index (χ2n) is 8.95. The maximum absolute atomic E-state index is 12.9. The smallest absolute Gasteiger partial charge is 0.335 e. The number of carboxylic acid groups (broad SMARTS) is 1. The van der Waals surface area contributed by atoms with E-state index in [0.29, 0.717) is 5.69 Å². The van der Waals surface area contributed by atoms with Crippen molar-refractivity contribution in [1.29, 1.82) is 0 Å². The normalized spacial score (nSPS) is 12.3. The maximum atomic E-state index is 12.9. The number of amides is 3. The van der Waals surface area contributed by atoms with Gasteiger partial charge in [-0.05, 0) is 59.4 Å². The number of benzene rings is 3. The third-order valence-electron chi connectivity index (χ3n) is 6.44. The summed E-state index contributed by atoms with van der Waals surface area (Å²) in [4.78, 5) is 40.8. The van der Waals surface area contributed by atoms with Gasteiger partial charge in [0, 0.05) is 11.9 Å². The van der Waals surface area contributed by atoms with Crippen LogP contribution in [0.25, 0.3) is 0 Å². The molecule has 5 rings (SSSR count). The van der Waals surface area contributed by atoms with Crippen molar-refractivity contribution in [3.63, 3.8) is 0 Å². The SMILES string of the molecule is O=C(NNc1ncc(C(=O)Nc2cccc(C(=O)O)c2)cc1Cl)NC1c2ccccc2CCc2ccccc21. The number of halogens is 1. The molecule has 39 heavy (non-hydrogen) atoms. The monoisotopic (exact) mass is 541 g/mol. The molecule has 1 aliphatic carbocycles. The molecule has 3 amide bonds. The summed E-state index contributed by atoms with van der Waals surface area (Å²) in [7, 11) is 0. The largest absolute Gasteiger partial charge is 0.478 e. The van der Waals surface area contributed by atoms with Crippen molar-refractivity contribution in [3.05, 3.63) is 123 Å². The molecule has 5 N–H and O–H groups in total. The second-order valence-corrected chi connectivity index (χ2v) is 9.36. The van der Waals surface area contributed by atoms with Crippen LogP contribution in [0.4, 0.5) is 16.3 Å². The Morgan fingerprint density at radius 1 is 0.846 bits per heavy atom. The Hall–Kier alpha value is -4.89. The van der Waals surface area contributed by atoms with Gasteiger partial charge in [-0.15, -0.1) is 0 Å². The Labute approximate surface area is 229 Å². The summed E-state index contributed by atoms with van der Waals surface area (Å²) in [6, 6.07) is 22.6. The number of carboxylic acids is 1. The number of fused-ring (bicyclic) bond motifs is 2. The highest BCUT2D eigenvalue weighted by molar-refractivity contribution is 6.33. The Kier molecular flexibility index (Phi) is 7.42. The predicted octanol–water partition coefficient (Wildman–Crippen LogP) is 5.20. The fraction of sp³-hybridized carbons (Fsp3) is 0.103. The van der Waals surface area contributed by atoms with E-state index in [-0.39, 0.29) is 28.0 Å². The summed E-state index contributed by atoms with van der Waals surface area (Å²) in [5, 5.41) is 14.9. The van der Waals surface area contributed by atoms with Gasteiger partial charge in [0.25, 0.3) is 5.91 Å². The van der Waals surface area contributed by atoms with Gasteiger partial charge in [-0.1, -0.05) is 66.2 Å². The number of pyridine rings is 1. The van der Waals surface area contributed by atoms with E-state index in [0.717, 1.165) is 24.0 Å². The van der Waals surface area contributed by atoms with E-state index in [4.69, 9.17) is 16.7 Å². The van der Waals surface area contributed by atoms with Crippen LogP contribution in [-0.2, 0) is 12.8 Å². The molecule has 1 heterocycles. The highest BCUT2D eigenvalue weighted by Gasteiger charge is 2.25. The minimum absolute atomic E-state index is 0.0451. The number of hydrazine groups is 1. The number of aromatic carboxylic acids is 1. The Morgan fingerprint density at radius 2 is 1.51 bits per heavy atom. The summed E-state index contributed by atoms with van der Waals surface area (Å²) in [5.74, 6) is -1.47. The number of aryl methyl sites for hydroxylation is 2. The number of nitrogens with zero attached hydrogens (tertiary/aromatic N) is 1. The Bertz CT molecular complexity index is 1530. The first-order chi connectivity index (χ1) is 18.9. The molecule has 0 unspecified atom stereocenters. The van der Waals surface area contributed by atoms with E-state index >= 15 is 0 Å². The summed E-state index contributed by atoms with van der Waals surface area (Å²) >= 11 is 6.32. The summed E-state index contributed by atoms with van der Waals surface area (Å²) in [5.41, 5.74) is 10.2. The molecule has 196 valence electrons. The van der Waals surface area contributed by atoms with Crippen LogP contribution in [0.1, 0.15) is 49.0 Å². The number of rotatable bonds is 6. The van der Waals surface area contributed by atoms with Crippen molar-refractivity contribution in [1.82, 2.24) is 15.7 Å². The molecular weight excluding hydrogens is 518 g/mol. The molecule has 1 aliphatic rings. The minimum Gasteiger partial charge on any atom is -0.478 e. The van der Waals surface area contributed by atoms with Crippen molar-refractivity contribution >= 4 is 41.0 Å². The molecule has 0 spiro atoms. The molecule has 9 nitrogen and oxygen atoms in total. The molecule has 1 aromatic heterocycles. The van der Waals surface area contributed by atoms with Gasteiger partial charge in [-0.2, -0.15) is 0 Å². The number of carbonyl (C=O) groups is 3. The van der Waals surface area contributed by atoms with E-state index in [2.05, 4.69) is 38.6 Å². The van der Waals surface area contributed by atoms with Crippen LogP contribution < -0.4 is 21.5 Å². The first kappa shape index (κ1) is 25.7. The van der Waals surface area contributed by atoms with E-state index in [1.54, 1.807) is 6.07 Å². The van der Waals surface area contributed by atoms with Crippen LogP contribution in [0.2, 0.25) is 5.02 Å². The van der Waals surface area contributed by atoms with Gasteiger partial charge in [-0.3, -0.25) is 15.6 Å². The quantitative estimate of drug-likeness (QED) is 0.213. The molecule has 0 radical (unpaired) electrons. The average molecular weight is 542 g/mol. The van der Waals surface area contributed by atoms with Gasteiger partial charge in [0.05, 0.1) is 22.2 Å². The van der Waals surface area contributed by atoms with Crippen molar-refractivity contribution in [2.75, 3.05) is 10.7 Å². The van der Waals surface area contributed by atoms with Crippen LogP contribution >= 0.6 is 11.6 Å². The maximum Gasteiger partial charge on any atom is 0.335 e. The van der Waals surface area contributed by atoms with Gasteiger partial charge in [0.2, 0.25) is 0 Å². The lowest BCUT2D eigenvalue weighted by molar-refractivity contribution is 0.0696. The lowest BCUT2D eigenvalue weighted by Gasteiger charge is -2.22. The molecule has 0 aliphatic heterocycles. The molecule has 0 saturated heterocycles. The highest BCUT2D eigenvalue weighted by Crippen LogP contribution is 2.32. The number of hydrogen-bond acceptors (Lipinski definition) is 5. The molecule has 3 aromatic carbocycles. The predicted molar refractivity (Wildman–Crippen MR) is 148 cm³/mol. The van der Waals surface area contributed by atoms with Crippen molar-refractivity contribution in [2.45, 2.75) is 18.9 Å². The van der Waals surface area contributed by atoms with E-state index in [9.17, 15) is 14.4 Å². The zero-order chi connectivity index (χ0) is 27.4. The lowest BCUT2D eigenvalue weighted by atomic mass is 9.95. The topological polar surface area (TPSA) is 132 Å². The third-order valence-corrected chi connectivity index (χ3v) is 6.72. The van der Waals surface area contributed by atoms with E-state index in [1.807, 2.05) is 36.4 Å². The van der Waals surface area contributed by atoms with Gasteiger partial charge in [-0.25, -0.2) is 14.6 Å². The van der Waals surface area contributed by atoms with Crippen molar-refractivity contribution < 1.29 is 19.5 Å². The van der Waals surface area contributed by atoms with Crippen LogP contribution in [0.3, 0.4) is 0 Å². The second kappa shape index (κ2) is 11.2. The van der Waals surface area contributed by atoms with Crippen molar-refractivity contribution in [2.24, 2.45) is 0 Å². The Morgan fingerprint density at radius 3 is 2.15 bits per heavy atom.